The molecule has 0 amide bonds. The number of anilines is 1. The molecule has 1 aromatic carbocycles. The molecule has 0 aliphatic carbocycles. The van der Waals surface area contributed by atoms with E-state index in [-0.39, 0.29) is 6.04 Å². The molecule has 1 aliphatic heterocycles. The number of hydrogen-bond donors (Lipinski definition) is 2. The van der Waals surface area contributed by atoms with Crippen molar-refractivity contribution in [3.8, 4) is 11.4 Å². The van der Waals surface area contributed by atoms with Crippen LogP contribution in [0.4, 0.5) is 5.95 Å². The highest BCUT2D eigenvalue weighted by atomic mass is 79.9. The third kappa shape index (κ3) is 2.71. The molecule has 6 heteroatoms. The maximum Gasteiger partial charge on any atom is 0.245 e. The molecule has 106 valence electrons. The van der Waals surface area contributed by atoms with Crippen LogP contribution in [0.5, 0.6) is 0 Å². The minimum absolute atomic E-state index is 0.223. The second-order valence-corrected chi connectivity index (χ2v) is 6.15. The zero-order chi connectivity index (χ0) is 14.1. The van der Waals surface area contributed by atoms with Crippen LogP contribution in [-0.2, 0) is 0 Å². The summed E-state index contributed by atoms with van der Waals surface area (Å²) in [6.07, 6.45) is 2.18. The van der Waals surface area contributed by atoms with Crippen LogP contribution in [0, 0.1) is 6.92 Å². The van der Waals surface area contributed by atoms with E-state index in [1.165, 1.54) is 5.56 Å². The minimum Gasteiger partial charge on any atom is -0.338 e. The molecule has 0 spiro atoms. The molecule has 1 fully saturated rings. The number of halogens is 1. The van der Waals surface area contributed by atoms with E-state index >= 15 is 0 Å². The van der Waals surface area contributed by atoms with Crippen LogP contribution in [0.25, 0.3) is 11.4 Å². The second kappa shape index (κ2) is 5.54. The summed E-state index contributed by atoms with van der Waals surface area (Å²) in [5, 5.41) is 7.35. The Morgan fingerprint density at radius 3 is 3.05 bits per heavy atom. The Balaban J connectivity index is 1.84. The number of H-pyrrole nitrogens is 1. The van der Waals surface area contributed by atoms with E-state index in [0.717, 1.165) is 47.7 Å². The molecular weight excluding hydrogens is 318 g/mol. The predicted molar refractivity (Wildman–Crippen MR) is 83.7 cm³/mol. The van der Waals surface area contributed by atoms with Gasteiger partial charge in [-0.1, -0.05) is 22.0 Å². The van der Waals surface area contributed by atoms with Gasteiger partial charge in [0.25, 0.3) is 0 Å². The standard InChI is InChI=1S/C14H18BrN5/c1-9-7-10(4-5-12(9)15)13-17-14(19-18-13)20-6-2-3-11(16)8-20/h4-5,7,11H,2-3,6,8,16H2,1H3,(H,17,18,19). The molecule has 20 heavy (non-hydrogen) atoms. The molecule has 2 aromatic rings. The van der Waals surface area contributed by atoms with Gasteiger partial charge in [-0.15, -0.1) is 5.10 Å². The van der Waals surface area contributed by atoms with E-state index < -0.39 is 0 Å². The summed E-state index contributed by atoms with van der Waals surface area (Å²) in [4.78, 5) is 6.75. The number of nitrogens with one attached hydrogen (secondary N) is 1. The van der Waals surface area contributed by atoms with Gasteiger partial charge < -0.3 is 10.6 Å². The highest BCUT2D eigenvalue weighted by Gasteiger charge is 2.20. The third-order valence-corrected chi connectivity index (χ3v) is 4.54. The molecule has 3 rings (SSSR count). The van der Waals surface area contributed by atoms with Crippen molar-refractivity contribution in [3.05, 3.63) is 28.2 Å². The van der Waals surface area contributed by atoms with Crippen molar-refractivity contribution in [1.82, 2.24) is 15.2 Å². The summed E-state index contributed by atoms with van der Waals surface area (Å²) < 4.78 is 1.10. The van der Waals surface area contributed by atoms with Crippen LogP contribution in [-0.4, -0.2) is 34.3 Å². The molecule has 0 saturated carbocycles. The largest absolute Gasteiger partial charge is 0.338 e. The Morgan fingerprint density at radius 2 is 2.30 bits per heavy atom. The average Bonchev–Trinajstić information content (AvgIpc) is 2.92. The highest BCUT2D eigenvalue weighted by molar-refractivity contribution is 9.10. The zero-order valence-electron chi connectivity index (χ0n) is 11.4. The molecule has 3 N–H and O–H groups in total. The number of aryl methyl sites for hydroxylation is 1. The summed E-state index contributed by atoms with van der Waals surface area (Å²) in [6.45, 7) is 3.87. The van der Waals surface area contributed by atoms with Gasteiger partial charge in [0.05, 0.1) is 0 Å². The van der Waals surface area contributed by atoms with Crippen molar-refractivity contribution < 1.29 is 0 Å². The molecule has 1 unspecified atom stereocenters. The van der Waals surface area contributed by atoms with E-state index in [9.17, 15) is 0 Å². The number of nitrogens with zero attached hydrogens (tertiary/aromatic N) is 3. The lowest BCUT2D eigenvalue weighted by molar-refractivity contribution is 0.500. The van der Waals surface area contributed by atoms with E-state index in [0.29, 0.717) is 0 Å². The number of aromatic amines is 1. The summed E-state index contributed by atoms with van der Waals surface area (Å²) in [6, 6.07) is 6.38. The van der Waals surface area contributed by atoms with Crippen molar-refractivity contribution in [2.24, 2.45) is 5.73 Å². The maximum absolute atomic E-state index is 6.00. The van der Waals surface area contributed by atoms with Gasteiger partial charge in [-0.05, 0) is 37.5 Å². The lowest BCUT2D eigenvalue weighted by Crippen LogP contribution is -2.43. The molecular formula is C14H18BrN5. The second-order valence-electron chi connectivity index (χ2n) is 5.30. The van der Waals surface area contributed by atoms with Gasteiger partial charge in [0.1, 0.15) is 0 Å². The maximum atomic E-state index is 6.00. The molecule has 1 saturated heterocycles. The Morgan fingerprint density at radius 1 is 1.45 bits per heavy atom. The third-order valence-electron chi connectivity index (χ3n) is 3.65. The smallest absolute Gasteiger partial charge is 0.245 e. The summed E-state index contributed by atoms with van der Waals surface area (Å²) >= 11 is 3.51. The Kier molecular flexibility index (Phi) is 3.76. The van der Waals surface area contributed by atoms with E-state index in [4.69, 9.17) is 5.73 Å². The monoisotopic (exact) mass is 335 g/mol. The van der Waals surface area contributed by atoms with E-state index in [1.807, 2.05) is 12.1 Å². The van der Waals surface area contributed by atoms with Crippen molar-refractivity contribution in [1.29, 1.82) is 0 Å². The number of hydrogen-bond acceptors (Lipinski definition) is 4. The number of rotatable bonds is 2. The number of piperidine rings is 1. The summed E-state index contributed by atoms with van der Waals surface area (Å²) in [7, 11) is 0. The molecule has 5 nitrogen and oxygen atoms in total. The molecule has 1 atom stereocenters. The molecule has 0 radical (unpaired) electrons. The van der Waals surface area contributed by atoms with E-state index in [2.05, 4.69) is 49.0 Å². The number of nitrogens with two attached hydrogens (primary N) is 1. The van der Waals surface area contributed by atoms with Crippen molar-refractivity contribution in [2.45, 2.75) is 25.8 Å². The van der Waals surface area contributed by atoms with Gasteiger partial charge >= 0.3 is 0 Å². The minimum atomic E-state index is 0.223. The van der Waals surface area contributed by atoms with Gasteiger partial charge in [-0.25, -0.2) is 0 Å². The van der Waals surface area contributed by atoms with Gasteiger partial charge in [-0.2, -0.15) is 4.98 Å². The Labute approximate surface area is 126 Å². The first kappa shape index (κ1) is 13.6. The van der Waals surface area contributed by atoms with Crippen LogP contribution < -0.4 is 10.6 Å². The fourth-order valence-electron chi connectivity index (χ4n) is 2.51. The molecule has 0 bridgehead atoms. The first-order valence-electron chi connectivity index (χ1n) is 6.83. The lowest BCUT2D eigenvalue weighted by atomic mass is 10.1. The Hall–Kier alpha value is -1.40. The van der Waals surface area contributed by atoms with Crippen LogP contribution in [0.2, 0.25) is 0 Å². The van der Waals surface area contributed by atoms with Crippen molar-refractivity contribution in [2.75, 3.05) is 18.0 Å². The molecule has 1 aromatic heterocycles. The SMILES string of the molecule is Cc1cc(-c2nc(N3CCCC(N)C3)n[nH]2)ccc1Br. The van der Waals surface area contributed by atoms with Gasteiger partial charge in [-0.3, -0.25) is 5.10 Å². The van der Waals surface area contributed by atoms with Gasteiger partial charge in [0, 0.05) is 29.2 Å². The van der Waals surface area contributed by atoms with Crippen LogP contribution in [0.15, 0.2) is 22.7 Å². The van der Waals surface area contributed by atoms with E-state index in [1.54, 1.807) is 0 Å². The quantitative estimate of drug-likeness (QED) is 0.884. The van der Waals surface area contributed by atoms with Crippen molar-refractivity contribution >= 4 is 21.9 Å². The summed E-state index contributed by atoms with van der Waals surface area (Å²) in [5.41, 5.74) is 8.23. The molecule has 2 heterocycles. The van der Waals surface area contributed by atoms with Crippen LogP contribution in [0.1, 0.15) is 18.4 Å². The number of aromatic nitrogens is 3. The fraction of sp³-hybridized carbons (Fsp3) is 0.429. The average molecular weight is 336 g/mol. The normalized spacial score (nSPS) is 19.4. The summed E-state index contributed by atoms with van der Waals surface area (Å²) in [5.74, 6) is 1.55. The highest BCUT2D eigenvalue weighted by Crippen LogP contribution is 2.24. The lowest BCUT2D eigenvalue weighted by Gasteiger charge is -2.29. The zero-order valence-corrected chi connectivity index (χ0v) is 13.0. The van der Waals surface area contributed by atoms with Crippen LogP contribution in [0.3, 0.4) is 0 Å². The fourth-order valence-corrected chi connectivity index (χ4v) is 2.75. The number of benzene rings is 1. The van der Waals surface area contributed by atoms with Crippen molar-refractivity contribution in [3.63, 3.8) is 0 Å². The topological polar surface area (TPSA) is 70.8 Å². The first-order chi connectivity index (χ1) is 9.63. The predicted octanol–water partition coefficient (Wildman–Crippen LogP) is 2.47. The van der Waals surface area contributed by atoms with Crippen LogP contribution >= 0.6 is 15.9 Å². The van der Waals surface area contributed by atoms with Gasteiger partial charge in [0.15, 0.2) is 5.82 Å². The molecule has 1 aliphatic rings. The first-order valence-corrected chi connectivity index (χ1v) is 7.62. The Bertz CT molecular complexity index is 609. The van der Waals surface area contributed by atoms with Gasteiger partial charge in [0.2, 0.25) is 5.95 Å².